The van der Waals surface area contributed by atoms with Crippen LogP contribution in [-0.4, -0.2) is 36.7 Å². The fourth-order valence-electron chi connectivity index (χ4n) is 0.905. The summed E-state index contributed by atoms with van der Waals surface area (Å²) in [5.41, 5.74) is 0. The van der Waals surface area contributed by atoms with E-state index in [2.05, 4.69) is 36.1 Å². The molecule has 0 aliphatic rings. The van der Waals surface area contributed by atoms with Gasteiger partial charge in [0.25, 0.3) is 11.7 Å². The molecule has 2 rings (SSSR count). The summed E-state index contributed by atoms with van der Waals surface area (Å²) in [6.45, 7) is 1.82. The highest BCUT2D eigenvalue weighted by Crippen LogP contribution is 1.95. The molecule has 2 aromatic rings. The van der Waals surface area contributed by atoms with Crippen molar-refractivity contribution >= 4 is 5.91 Å². The summed E-state index contributed by atoms with van der Waals surface area (Å²) in [7, 11) is 0. The van der Waals surface area contributed by atoms with Crippen molar-refractivity contribution in [3.05, 3.63) is 17.5 Å². The SMILES string of the molecule is Cc1noc(CNC(=O)c2nn[nH]n2)n1. The Hall–Kier alpha value is -2.32. The molecule has 0 aromatic carbocycles. The van der Waals surface area contributed by atoms with E-state index in [1.54, 1.807) is 6.92 Å². The quantitative estimate of drug-likeness (QED) is 0.652. The van der Waals surface area contributed by atoms with Crippen LogP contribution in [0.25, 0.3) is 0 Å². The van der Waals surface area contributed by atoms with Crippen molar-refractivity contribution in [2.24, 2.45) is 0 Å². The highest BCUT2D eigenvalue weighted by molar-refractivity contribution is 5.89. The summed E-state index contributed by atoms with van der Waals surface area (Å²) in [4.78, 5) is 15.2. The van der Waals surface area contributed by atoms with E-state index in [0.29, 0.717) is 11.7 Å². The molecule has 0 unspecified atom stereocenters. The molecule has 2 N–H and O–H groups in total. The third kappa shape index (κ3) is 2.13. The number of aromatic nitrogens is 6. The highest BCUT2D eigenvalue weighted by Gasteiger charge is 2.11. The fourth-order valence-corrected chi connectivity index (χ4v) is 0.905. The lowest BCUT2D eigenvalue weighted by atomic mass is 10.5. The van der Waals surface area contributed by atoms with Gasteiger partial charge in [-0.1, -0.05) is 5.16 Å². The van der Waals surface area contributed by atoms with Crippen molar-refractivity contribution in [1.82, 2.24) is 36.1 Å². The zero-order valence-corrected chi connectivity index (χ0v) is 7.76. The third-order valence-electron chi connectivity index (χ3n) is 1.52. The molecule has 9 nitrogen and oxygen atoms in total. The van der Waals surface area contributed by atoms with E-state index in [4.69, 9.17) is 4.52 Å². The monoisotopic (exact) mass is 209 g/mol. The number of amides is 1. The maximum Gasteiger partial charge on any atom is 0.293 e. The Kier molecular flexibility index (Phi) is 2.35. The van der Waals surface area contributed by atoms with Gasteiger partial charge in [0, 0.05) is 0 Å². The average Bonchev–Trinajstić information content (AvgIpc) is 2.84. The first kappa shape index (κ1) is 9.24. The molecule has 0 aliphatic carbocycles. The first-order valence-corrected chi connectivity index (χ1v) is 4.06. The van der Waals surface area contributed by atoms with Crippen LogP contribution in [0.15, 0.2) is 4.52 Å². The Morgan fingerprint density at radius 2 is 2.47 bits per heavy atom. The summed E-state index contributed by atoms with van der Waals surface area (Å²) >= 11 is 0. The van der Waals surface area contributed by atoms with Gasteiger partial charge in [0.15, 0.2) is 5.82 Å². The van der Waals surface area contributed by atoms with E-state index < -0.39 is 5.91 Å². The highest BCUT2D eigenvalue weighted by atomic mass is 16.5. The minimum absolute atomic E-state index is 0.0359. The van der Waals surface area contributed by atoms with Crippen LogP contribution >= 0.6 is 0 Å². The smallest absolute Gasteiger partial charge is 0.293 e. The number of hydrogen-bond acceptors (Lipinski definition) is 7. The van der Waals surface area contributed by atoms with Crippen molar-refractivity contribution in [3.8, 4) is 0 Å². The standard InChI is InChI=1S/C6H7N7O2/c1-3-8-4(15-11-3)2-7-6(14)5-9-12-13-10-5/h2H2,1H3,(H,7,14)(H,9,10,12,13). The van der Waals surface area contributed by atoms with Gasteiger partial charge in [-0.25, -0.2) is 0 Å². The number of carbonyl (C=O) groups excluding carboxylic acids is 1. The van der Waals surface area contributed by atoms with E-state index in [0.717, 1.165) is 0 Å². The van der Waals surface area contributed by atoms with Crippen LogP contribution in [0, 0.1) is 6.92 Å². The van der Waals surface area contributed by atoms with Crippen LogP contribution < -0.4 is 5.32 Å². The Morgan fingerprint density at radius 1 is 1.60 bits per heavy atom. The van der Waals surface area contributed by atoms with Crippen LogP contribution in [0.1, 0.15) is 22.3 Å². The lowest BCUT2D eigenvalue weighted by Gasteiger charge is -1.95. The van der Waals surface area contributed by atoms with Crippen molar-refractivity contribution < 1.29 is 9.32 Å². The molecule has 78 valence electrons. The Labute approximate surface area is 83.3 Å². The predicted molar refractivity (Wildman–Crippen MR) is 44.4 cm³/mol. The lowest BCUT2D eigenvalue weighted by molar-refractivity contribution is 0.0936. The molecule has 15 heavy (non-hydrogen) atoms. The van der Waals surface area contributed by atoms with Crippen LogP contribution in [0.2, 0.25) is 0 Å². The molecular formula is C6H7N7O2. The van der Waals surface area contributed by atoms with E-state index in [1.807, 2.05) is 0 Å². The number of H-pyrrole nitrogens is 1. The van der Waals surface area contributed by atoms with Gasteiger partial charge in [-0.2, -0.15) is 10.2 Å². The van der Waals surface area contributed by atoms with E-state index in [9.17, 15) is 4.79 Å². The molecule has 0 atom stereocenters. The Morgan fingerprint density at radius 3 is 3.07 bits per heavy atom. The molecule has 2 aromatic heterocycles. The summed E-state index contributed by atoms with van der Waals surface area (Å²) in [6, 6.07) is 0. The first-order valence-electron chi connectivity index (χ1n) is 4.06. The summed E-state index contributed by atoms with van der Waals surface area (Å²) in [6.07, 6.45) is 0. The summed E-state index contributed by atoms with van der Waals surface area (Å²) in [5, 5.41) is 18.5. The normalized spacial score (nSPS) is 10.2. The van der Waals surface area contributed by atoms with Gasteiger partial charge in [-0.3, -0.25) is 4.79 Å². The van der Waals surface area contributed by atoms with Crippen molar-refractivity contribution in [2.75, 3.05) is 0 Å². The van der Waals surface area contributed by atoms with Crippen LogP contribution in [0.3, 0.4) is 0 Å². The van der Waals surface area contributed by atoms with Gasteiger partial charge in [0.2, 0.25) is 5.89 Å². The minimum Gasteiger partial charge on any atom is -0.340 e. The lowest BCUT2D eigenvalue weighted by Crippen LogP contribution is -2.24. The minimum atomic E-state index is -0.459. The van der Waals surface area contributed by atoms with Crippen LogP contribution in [-0.2, 0) is 6.54 Å². The number of nitrogens with zero attached hydrogens (tertiary/aromatic N) is 5. The number of aryl methyl sites for hydroxylation is 1. The van der Waals surface area contributed by atoms with Gasteiger partial charge in [-0.15, -0.1) is 10.2 Å². The number of rotatable bonds is 3. The van der Waals surface area contributed by atoms with Gasteiger partial charge >= 0.3 is 0 Å². The summed E-state index contributed by atoms with van der Waals surface area (Å²) in [5.74, 6) is 0.342. The molecule has 2 heterocycles. The molecule has 0 spiro atoms. The van der Waals surface area contributed by atoms with Crippen molar-refractivity contribution in [2.45, 2.75) is 13.5 Å². The molecule has 1 amide bonds. The Balaban J connectivity index is 1.91. The van der Waals surface area contributed by atoms with Crippen LogP contribution in [0.5, 0.6) is 0 Å². The molecule has 0 saturated carbocycles. The topological polar surface area (TPSA) is 122 Å². The fraction of sp³-hybridized carbons (Fsp3) is 0.333. The van der Waals surface area contributed by atoms with Gasteiger partial charge < -0.3 is 9.84 Å². The molecule has 9 heteroatoms. The van der Waals surface area contributed by atoms with E-state index in [-0.39, 0.29) is 12.4 Å². The third-order valence-corrected chi connectivity index (χ3v) is 1.52. The second-order valence-corrected chi connectivity index (χ2v) is 2.65. The van der Waals surface area contributed by atoms with Crippen LogP contribution in [0.4, 0.5) is 0 Å². The largest absolute Gasteiger partial charge is 0.340 e. The molecule has 0 fully saturated rings. The summed E-state index contributed by atoms with van der Waals surface area (Å²) < 4.78 is 4.79. The zero-order valence-electron chi connectivity index (χ0n) is 7.76. The number of nitrogens with one attached hydrogen (secondary N) is 2. The molecule has 0 saturated heterocycles. The number of hydrogen-bond donors (Lipinski definition) is 2. The first-order chi connectivity index (χ1) is 7.25. The number of aromatic amines is 1. The van der Waals surface area contributed by atoms with E-state index >= 15 is 0 Å². The number of carbonyl (C=O) groups is 1. The molecule has 0 aliphatic heterocycles. The van der Waals surface area contributed by atoms with Crippen molar-refractivity contribution in [1.29, 1.82) is 0 Å². The maximum absolute atomic E-state index is 11.3. The van der Waals surface area contributed by atoms with Gasteiger partial charge in [0.05, 0.1) is 6.54 Å². The van der Waals surface area contributed by atoms with Crippen molar-refractivity contribution in [3.63, 3.8) is 0 Å². The second kappa shape index (κ2) is 3.82. The van der Waals surface area contributed by atoms with Gasteiger partial charge in [0.1, 0.15) is 0 Å². The zero-order chi connectivity index (χ0) is 10.7. The second-order valence-electron chi connectivity index (χ2n) is 2.65. The molecule has 0 radical (unpaired) electrons. The average molecular weight is 209 g/mol. The number of tetrazole rings is 1. The molecule has 0 bridgehead atoms. The molecular weight excluding hydrogens is 202 g/mol. The maximum atomic E-state index is 11.3. The van der Waals surface area contributed by atoms with E-state index in [1.165, 1.54) is 0 Å². The Bertz CT molecular complexity index is 448. The van der Waals surface area contributed by atoms with Gasteiger partial charge in [-0.05, 0) is 12.1 Å². The predicted octanol–water partition coefficient (Wildman–Crippen LogP) is -1.18.